The summed E-state index contributed by atoms with van der Waals surface area (Å²) in [5.74, 6) is -6.51. The van der Waals surface area contributed by atoms with Crippen molar-refractivity contribution < 1.29 is 73.3 Å². The molecule has 3 heterocycles. The quantitative estimate of drug-likeness (QED) is 0.0198. The minimum absolute atomic E-state index is 0.0324. The third-order valence-corrected chi connectivity index (χ3v) is 13.8. The smallest absolute Gasteiger partial charge is 0.326 e. The van der Waals surface area contributed by atoms with Crippen LogP contribution in [0.5, 0.6) is 0 Å². The highest BCUT2D eigenvalue weighted by Crippen LogP contribution is 2.16. The summed E-state index contributed by atoms with van der Waals surface area (Å²) in [4.78, 5) is 143. The Bertz CT molecular complexity index is 2920. The fourth-order valence-corrected chi connectivity index (χ4v) is 9.24. The maximum Gasteiger partial charge on any atom is 0.326 e. The number of unbranched alkanes of at least 4 members (excludes halogenated alkanes) is 2. The second-order valence-corrected chi connectivity index (χ2v) is 20.1. The number of hydrogen-bond donors (Lipinski definition) is 10. The summed E-state index contributed by atoms with van der Waals surface area (Å²) in [6.45, 7) is 2.80. The summed E-state index contributed by atoms with van der Waals surface area (Å²) in [7, 11) is 0. The topological polar surface area (TPSA) is 429 Å². The van der Waals surface area contributed by atoms with Gasteiger partial charge >= 0.3 is 29.8 Å². The van der Waals surface area contributed by atoms with E-state index in [1.165, 1.54) is 18.3 Å². The van der Waals surface area contributed by atoms with Crippen molar-refractivity contribution in [2.45, 2.75) is 82.8 Å². The number of aromatic nitrogens is 4. The van der Waals surface area contributed by atoms with Crippen molar-refractivity contribution in [3.05, 3.63) is 78.1 Å². The van der Waals surface area contributed by atoms with Gasteiger partial charge in [0.25, 0.3) is 11.5 Å². The summed E-state index contributed by atoms with van der Waals surface area (Å²) >= 11 is 0. The number of H-pyrrole nitrogens is 1. The van der Waals surface area contributed by atoms with Gasteiger partial charge in [0.15, 0.2) is 11.2 Å². The van der Waals surface area contributed by atoms with E-state index in [0.717, 1.165) is 0 Å². The van der Waals surface area contributed by atoms with Crippen molar-refractivity contribution in [3.8, 4) is 0 Å². The number of rotatable bonds is 38. The molecule has 5 rings (SSSR count). The van der Waals surface area contributed by atoms with Crippen LogP contribution in [0.15, 0.2) is 44.8 Å². The van der Waals surface area contributed by atoms with Crippen LogP contribution in [0, 0.1) is 0 Å². The maximum atomic E-state index is 12.9. The fraction of sp³-hybridized carbons (Fsp3) is 0.574. The number of benzene rings is 1. The van der Waals surface area contributed by atoms with Crippen LogP contribution in [0.1, 0.15) is 79.4 Å². The number of aromatic amines is 1. The zero-order chi connectivity index (χ0) is 61.0. The summed E-state index contributed by atoms with van der Waals surface area (Å²) < 4.78 is 16.8. The number of hydrogen-bond acceptors (Lipinski definition) is 23. The SMILES string of the molecule is Nc1nc2ncc(CNc3ccc(C(=O)N[C@@H](CCC(=O)CCCCOCCOCCOCCCCc4c(NCCCC(C(=O)O)N5CCN(CC(=O)O)CCN(CC(=O)O)CCN(CC(=O)O)CC5)c(=O)c4=O)C(=O)O)cc3)nc2c(=O)[nH]1. The average Bonchev–Trinajstić information content (AvgIpc) is 3.55. The highest BCUT2D eigenvalue weighted by atomic mass is 16.5. The number of nitrogens with one attached hydrogen (secondary N) is 4. The zero-order valence-corrected chi connectivity index (χ0v) is 46.8. The normalized spacial score (nSPS) is 15.0. The number of aliphatic carboxylic acids is 5. The molecule has 0 bridgehead atoms. The predicted molar refractivity (Wildman–Crippen MR) is 303 cm³/mol. The van der Waals surface area contributed by atoms with Crippen LogP contribution in [-0.4, -0.2) is 237 Å². The number of ketones is 1. The van der Waals surface area contributed by atoms with Crippen LogP contribution in [0.25, 0.3) is 11.2 Å². The highest BCUT2D eigenvalue weighted by molar-refractivity contribution is 5.97. The molecular weight excluding hydrogens is 1100 g/mol. The van der Waals surface area contributed by atoms with Gasteiger partial charge in [-0.3, -0.25) is 67.7 Å². The van der Waals surface area contributed by atoms with E-state index in [-0.39, 0.29) is 145 Å². The molecule has 30 nitrogen and oxygen atoms in total. The van der Waals surface area contributed by atoms with Crippen LogP contribution in [0.3, 0.4) is 0 Å². The standard InChI is InChI=1S/C54H76N12O18/c55-54-61-49-46(51(77)62-54)59-37(31-58-49)30-57-36-11-9-35(10-12-36)50(76)60-40(52(78)79)14-13-38(67)6-1-3-24-82-26-28-84-29-27-83-25-4-2-7-39-45(48(75)47(39)74)56-15-5-8-41(53(80)81)66-22-20-64(33-43(70)71)18-16-63(32-42(68)69)17-19-65(21-23-66)34-44(72)73/h9-12,31,40-41,56-57H,1-8,13-30,32-34H2,(H,60,76)(H,68,69)(H,70,71)(H,72,73)(H,78,79)(H,80,81)(H3,55,58,61,62,77)/t40-,41?/m0/s1. The minimum atomic E-state index is -1.27. The van der Waals surface area contributed by atoms with Crippen LogP contribution < -0.4 is 38.1 Å². The molecule has 0 spiro atoms. The van der Waals surface area contributed by atoms with Gasteiger partial charge in [-0.15, -0.1) is 0 Å². The first-order chi connectivity index (χ1) is 40.3. The molecule has 460 valence electrons. The Morgan fingerprint density at radius 2 is 1.19 bits per heavy atom. The molecule has 11 N–H and O–H groups in total. The van der Waals surface area contributed by atoms with Gasteiger partial charge in [-0.05, 0) is 75.6 Å². The van der Waals surface area contributed by atoms with Crippen molar-refractivity contribution in [3.63, 3.8) is 0 Å². The van der Waals surface area contributed by atoms with Crippen LogP contribution in [-0.2, 0) is 55.9 Å². The van der Waals surface area contributed by atoms with Crippen LogP contribution >= 0.6 is 0 Å². The Labute approximate surface area is 482 Å². The Morgan fingerprint density at radius 3 is 1.75 bits per heavy atom. The molecule has 1 amide bonds. The lowest BCUT2D eigenvalue weighted by atomic mass is 10.0. The molecule has 0 radical (unpaired) electrons. The van der Waals surface area contributed by atoms with Crippen molar-refractivity contribution in [1.82, 2.24) is 44.9 Å². The van der Waals surface area contributed by atoms with E-state index in [4.69, 9.17) is 19.9 Å². The van der Waals surface area contributed by atoms with Gasteiger partial charge in [-0.1, -0.05) is 0 Å². The largest absolute Gasteiger partial charge is 0.480 e. The number of carbonyl (C=O) groups is 7. The van der Waals surface area contributed by atoms with Gasteiger partial charge < -0.3 is 61.4 Å². The predicted octanol–water partition coefficient (Wildman–Crippen LogP) is -0.601. The lowest BCUT2D eigenvalue weighted by Crippen LogP contribution is -2.51. The number of nitrogen functional groups attached to an aromatic ring is 1. The highest BCUT2D eigenvalue weighted by Gasteiger charge is 2.29. The lowest BCUT2D eigenvalue weighted by molar-refractivity contribution is -0.145. The zero-order valence-electron chi connectivity index (χ0n) is 46.8. The van der Waals surface area contributed by atoms with Crippen molar-refractivity contribution in [2.24, 2.45) is 0 Å². The number of anilines is 3. The molecule has 1 aliphatic heterocycles. The Hall–Kier alpha value is -7.87. The monoisotopic (exact) mass is 1180 g/mol. The Kier molecular flexibility index (Phi) is 28.1. The molecule has 30 heteroatoms. The lowest BCUT2D eigenvalue weighted by Gasteiger charge is -2.35. The maximum absolute atomic E-state index is 12.9. The van der Waals surface area contributed by atoms with E-state index in [0.29, 0.717) is 95.1 Å². The average molecular weight is 1180 g/mol. The first kappa shape index (κ1) is 66.9. The van der Waals surface area contributed by atoms with E-state index in [9.17, 15) is 73.5 Å². The molecule has 1 unspecified atom stereocenters. The van der Waals surface area contributed by atoms with Gasteiger partial charge in [0, 0.05) is 102 Å². The van der Waals surface area contributed by atoms with Gasteiger partial charge in [-0.2, -0.15) is 4.98 Å². The van der Waals surface area contributed by atoms with E-state index in [2.05, 4.69) is 35.9 Å². The number of ether oxygens (including phenoxy) is 3. The molecule has 2 aromatic heterocycles. The molecule has 1 fully saturated rings. The fourth-order valence-electron chi connectivity index (χ4n) is 9.24. The van der Waals surface area contributed by atoms with E-state index >= 15 is 0 Å². The summed E-state index contributed by atoms with van der Waals surface area (Å²) in [6.07, 6.45) is 4.63. The first-order valence-electron chi connectivity index (χ1n) is 27.8. The molecular formula is C54H76N12O18. The number of carboxylic acids is 5. The second kappa shape index (κ2) is 35.3. The number of amides is 1. The Morgan fingerprint density at radius 1 is 0.631 bits per heavy atom. The van der Waals surface area contributed by atoms with Gasteiger partial charge in [0.05, 0.1) is 70.2 Å². The van der Waals surface area contributed by atoms with Gasteiger partial charge in [0.2, 0.25) is 16.8 Å². The molecule has 1 saturated heterocycles. The van der Waals surface area contributed by atoms with Crippen LogP contribution in [0.4, 0.5) is 17.3 Å². The number of carbonyl (C=O) groups excluding carboxylic acids is 2. The van der Waals surface area contributed by atoms with E-state index in [1.807, 2.05) is 0 Å². The number of carboxylic acid groups (broad SMARTS) is 5. The van der Waals surface area contributed by atoms with Crippen molar-refractivity contribution in [1.29, 1.82) is 0 Å². The molecule has 1 aliphatic rings. The summed E-state index contributed by atoms with van der Waals surface area (Å²) in [6, 6.07) is 3.96. The van der Waals surface area contributed by atoms with Crippen molar-refractivity contribution >= 4 is 70.0 Å². The molecule has 0 saturated carbocycles. The first-order valence-corrected chi connectivity index (χ1v) is 27.8. The third-order valence-electron chi connectivity index (χ3n) is 13.8. The molecule has 84 heavy (non-hydrogen) atoms. The molecule has 2 aromatic carbocycles. The van der Waals surface area contributed by atoms with Gasteiger partial charge in [0.1, 0.15) is 17.9 Å². The summed E-state index contributed by atoms with van der Waals surface area (Å²) in [5, 5.41) is 57.1. The van der Waals surface area contributed by atoms with E-state index < -0.39 is 64.3 Å². The molecule has 2 atom stereocenters. The minimum Gasteiger partial charge on any atom is -0.480 e. The Balaban J connectivity index is 0.888. The van der Waals surface area contributed by atoms with Crippen molar-refractivity contribution in [2.75, 3.05) is 135 Å². The van der Waals surface area contributed by atoms with Crippen LogP contribution in [0.2, 0.25) is 0 Å². The number of Topliss-reactive ketones (excluding diaryl/α,β-unsaturated/α-hetero) is 1. The molecule has 4 aromatic rings. The number of fused-ring (bicyclic) bond motifs is 1. The number of nitrogens with zero attached hydrogens (tertiary/aromatic N) is 7. The summed E-state index contributed by atoms with van der Waals surface area (Å²) in [5.41, 5.74) is 5.82. The van der Waals surface area contributed by atoms with E-state index in [1.54, 1.807) is 31.7 Å². The van der Waals surface area contributed by atoms with Gasteiger partial charge in [-0.25, -0.2) is 14.8 Å². The third kappa shape index (κ3) is 23.4. The molecule has 0 aliphatic carbocycles. The second-order valence-electron chi connectivity index (χ2n) is 20.1. The number of nitrogens with two attached hydrogens (primary N) is 1.